The van der Waals surface area contributed by atoms with E-state index in [1.54, 1.807) is 0 Å². The van der Waals surface area contributed by atoms with Crippen molar-refractivity contribution >= 4 is 0 Å². The minimum Gasteiger partial charge on any atom is -0.329 e. The van der Waals surface area contributed by atoms with Gasteiger partial charge in [-0.15, -0.1) is 0 Å². The molecule has 0 bridgehead atoms. The number of hydrogen-bond acceptors (Lipinski definition) is 3. The van der Waals surface area contributed by atoms with E-state index in [1.165, 1.54) is 51.7 Å². The highest BCUT2D eigenvalue weighted by Crippen LogP contribution is 2.38. The second-order valence-corrected chi connectivity index (χ2v) is 8.69. The van der Waals surface area contributed by atoms with Gasteiger partial charge in [0.1, 0.15) is 0 Å². The Morgan fingerprint density at radius 3 is 2.43 bits per heavy atom. The van der Waals surface area contributed by atoms with Crippen LogP contribution in [0.4, 0.5) is 0 Å². The molecule has 2 aliphatic heterocycles. The molecule has 0 amide bonds. The van der Waals surface area contributed by atoms with E-state index in [0.29, 0.717) is 11.5 Å². The number of likely N-dealkylation sites (tertiary alicyclic amines) is 2. The summed E-state index contributed by atoms with van der Waals surface area (Å²) in [4.78, 5) is 5.26. The topological polar surface area (TPSA) is 32.5 Å². The van der Waals surface area contributed by atoms with Gasteiger partial charge >= 0.3 is 0 Å². The van der Waals surface area contributed by atoms with Gasteiger partial charge in [0.2, 0.25) is 0 Å². The first-order valence-corrected chi connectivity index (χ1v) is 8.94. The highest BCUT2D eigenvalue weighted by molar-refractivity contribution is 4.99. The normalized spacial score (nSPS) is 37.4. The van der Waals surface area contributed by atoms with Crippen LogP contribution in [0.5, 0.6) is 0 Å². The Morgan fingerprint density at radius 2 is 1.86 bits per heavy atom. The van der Waals surface area contributed by atoms with Crippen molar-refractivity contribution < 1.29 is 0 Å². The first kappa shape index (κ1) is 17.2. The molecule has 2 heterocycles. The van der Waals surface area contributed by atoms with E-state index in [9.17, 15) is 0 Å². The summed E-state index contributed by atoms with van der Waals surface area (Å²) in [7, 11) is 2.25. The molecule has 3 heteroatoms. The monoisotopic (exact) mass is 295 g/mol. The predicted octanol–water partition coefficient (Wildman–Crippen LogP) is 2.95. The predicted molar refractivity (Wildman–Crippen MR) is 91.5 cm³/mol. The van der Waals surface area contributed by atoms with Gasteiger partial charge in [-0.25, -0.2) is 0 Å². The largest absolute Gasteiger partial charge is 0.329 e. The maximum absolute atomic E-state index is 6.29. The second kappa shape index (κ2) is 6.55. The summed E-state index contributed by atoms with van der Waals surface area (Å²) in [6.45, 7) is 14.1. The molecule has 0 radical (unpaired) electrons. The van der Waals surface area contributed by atoms with Gasteiger partial charge in [-0.1, -0.05) is 20.8 Å². The van der Waals surface area contributed by atoms with E-state index < -0.39 is 0 Å². The van der Waals surface area contributed by atoms with Crippen LogP contribution in [-0.2, 0) is 0 Å². The summed E-state index contributed by atoms with van der Waals surface area (Å²) < 4.78 is 0. The van der Waals surface area contributed by atoms with E-state index in [1.807, 2.05) is 0 Å². The van der Waals surface area contributed by atoms with Gasteiger partial charge in [0.25, 0.3) is 0 Å². The van der Waals surface area contributed by atoms with Gasteiger partial charge in [-0.2, -0.15) is 0 Å². The van der Waals surface area contributed by atoms with Gasteiger partial charge in [0, 0.05) is 18.1 Å². The third-order valence-electron chi connectivity index (χ3n) is 6.36. The van der Waals surface area contributed by atoms with Crippen molar-refractivity contribution in [3.63, 3.8) is 0 Å². The molecule has 2 saturated heterocycles. The van der Waals surface area contributed by atoms with Crippen LogP contribution < -0.4 is 5.73 Å². The average molecular weight is 296 g/mol. The Balaban J connectivity index is 2.06. The van der Waals surface area contributed by atoms with Crippen LogP contribution in [0.2, 0.25) is 0 Å². The molecule has 0 aromatic heterocycles. The van der Waals surface area contributed by atoms with Gasteiger partial charge in [0.05, 0.1) is 0 Å². The van der Waals surface area contributed by atoms with E-state index in [2.05, 4.69) is 44.5 Å². The fraction of sp³-hybridized carbons (Fsp3) is 1.00. The lowest BCUT2D eigenvalue weighted by molar-refractivity contribution is 0.0108. The summed E-state index contributed by atoms with van der Waals surface area (Å²) >= 11 is 0. The maximum atomic E-state index is 6.29. The van der Waals surface area contributed by atoms with Crippen molar-refractivity contribution in [3.05, 3.63) is 0 Å². The minimum atomic E-state index is 0.263. The molecular weight excluding hydrogens is 258 g/mol. The molecule has 0 spiro atoms. The van der Waals surface area contributed by atoms with Crippen LogP contribution >= 0.6 is 0 Å². The van der Waals surface area contributed by atoms with Crippen LogP contribution in [0.15, 0.2) is 0 Å². The lowest BCUT2D eigenvalue weighted by Gasteiger charge is -2.50. The number of rotatable bonds is 2. The van der Waals surface area contributed by atoms with Gasteiger partial charge in [-0.05, 0) is 77.0 Å². The molecule has 21 heavy (non-hydrogen) atoms. The summed E-state index contributed by atoms with van der Waals surface area (Å²) in [5.74, 6) is 0.862. The molecule has 124 valence electrons. The highest BCUT2D eigenvalue weighted by atomic mass is 15.2. The first-order valence-electron chi connectivity index (χ1n) is 8.94. The zero-order valence-corrected chi connectivity index (χ0v) is 15.0. The Kier molecular flexibility index (Phi) is 5.38. The quantitative estimate of drug-likeness (QED) is 0.850. The van der Waals surface area contributed by atoms with Crippen molar-refractivity contribution in [1.82, 2.24) is 9.80 Å². The number of nitrogens with two attached hydrogens (primary N) is 1. The van der Waals surface area contributed by atoms with Crippen molar-refractivity contribution in [3.8, 4) is 0 Å². The number of hydrogen-bond donors (Lipinski definition) is 1. The fourth-order valence-electron chi connectivity index (χ4n) is 4.45. The molecule has 2 N–H and O–H groups in total. The van der Waals surface area contributed by atoms with Crippen LogP contribution in [0.25, 0.3) is 0 Å². The Labute approximate surface area is 132 Å². The molecule has 3 nitrogen and oxygen atoms in total. The number of piperidine rings is 1. The molecule has 2 fully saturated rings. The molecule has 2 aliphatic rings. The first-order chi connectivity index (χ1) is 9.78. The molecule has 0 aliphatic carbocycles. The Morgan fingerprint density at radius 1 is 1.14 bits per heavy atom. The van der Waals surface area contributed by atoms with Crippen LogP contribution in [-0.4, -0.2) is 54.6 Å². The van der Waals surface area contributed by atoms with Crippen LogP contribution in [0, 0.1) is 11.3 Å². The second-order valence-electron chi connectivity index (χ2n) is 8.69. The van der Waals surface area contributed by atoms with Crippen molar-refractivity contribution in [2.45, 2.75) is 71.4 Å². The lowest BCUT2D eigenvalue weighted by atomic mass is 9.76. The summed E-state index contributed by atoms with van der Waals surface area (Å²) in [6, 6.07) is 0.656. The lowest BCUT2D eigenvalue weighted by Crippen LogP contribution is -2.61. The van der Waals surface area contributed by atoms with Crippen LogP contribution in [0.3, 0.4) is 0 Å². The molecular formula is C18H37N3. The van der Waals surface area contributed by atoms with Gasteiger partial charge in [0.15, 0.2) is 0 Å². The molecule has 3 unspecified atom stereocenters. The zero-order valence-electron chi connectivity index (χ0n) is 15.0. The molecule has 0 aromatic carbocycles. The maximum Gasteiger partial charge on any atom is 0.0358 e. The molecule has 0 aromatic rings. The number of nitrogens with zero attached hydrogens (tertiary/aromatic N) is 2. The zero-order chi connectivity index (χ0) is 15.7. The van der Waals surface area contributed by atoms with Gasteiger partial charge in [-0.3, -0.25) is 4.90 Å². The minimum absolute atomic E-state index is 0.263. The van der Waals surface area contributed by atoms with E-state index >= 15 is 0 Å². The smallest absolute Gasteiger partial charge is 0.0358 e. The molecule has 0 saturated carbocycles. The molecule has 3 atom stereocenters. The van der Waals surface area contributed by atoms with Crippen molar-refractivity contribution in [2.24, 2.45) is 17.1 Å². The SMILES string of the molecule is CC1CC(CN)(N2CCCC(C(C)(C)C)CC2)CCN1C. The van der Waals surface area contributed by atoms with Gasteiger partial charge < -0.3 is 10.6 Å². The standard InChI is InChI=1S/C18H37N3/c1-15-13-18(14-19,9-12-20(15)5)21-10-6-7-16(8-11-21)17(2,3)4/h15-16H,6-14,19H2,1-5H3. The molecule has 2 rings (SSSR count). The third kappa shape index (κ3) is 3.80. The van der Waals surface area contributed by atoms with E-state index in [0.717, 1.165) is 12.5 Å². The highest BCUT2D eigenvalue weighted by Gasteiger charge is 2.41. The van der Waals surface area contributed by atoms with E-state index in [-0.39, 0.29) is 5.54 Å². The summed E-state index contributed by atoms with van der Waals surface area (Å²) in [5, 5.41) is 0. The van der Waals surface area contributed by atoms with Crippen molar-refractivity contribution in [1.29, 1.82) is 0 Å². The Hall–Kier alpha value is -0.120. The van der Waals surface area contributed by atoms with E-state index in [4.69, 9.17) is 5.73 Å². The summed E-state index contributed by atoms with van der Waals surface area (Å²) in [5.41, 5.74) is 7.00. The Bertz CT molecular complexity index is 336. The van der Waals surface area contributed by atoms with Crippen LogP contribution in [0.1, 0.15) is 59.8 Å². The summed E-state index contributed by atoms with van der Waals surface area (Å²) in [6.07, 6.45) is 6.55. The average Bonchev–Trinajstić information content (AvgIpc) is 2.68. The fourth-order valence-corrected chi connectivity index (χ4v) is 4.45. The van der Waals surface area contributed by atoms with Crippen molar-refractivity contribution in [2.75, 3.05) is 33.2 Å². The third-order valence-corrected chi connectivity index (χ3v) is 6.36.